The van der Waals surface area contributed by atoms with Gasteiger partial charge in [0.25, 0.3) is 17.7 Å². The van der Waals surface area contributed by atoms with Crippen molar-refractivity contribution >= 4 is 82.6 Å². The van der Waals surface area contributed by atoms with Crippen LogP contribution in [0.2, 0.25) is 5.02 Å². The Hall–Kier alpha value is -6.32. The number of piperidine rings is 1. The van der Waals surface area contributed by atoms with Crippen molar-refractivity contribution in [2.45, 2.75) is 45.1 Å². The van der Waals surface area contributed by atoms with Gasteiger partial charge in [0.2, 0.25) is 23.7 Å². The first-order valence-corrected chi connectivity index (χ1v) is 22.4. The number of likely N-dealkylation sites (N-methyl/N-ethyl adjacent to an activating group) is 1. The van der Waals surface area contributed by atoms with Crippen molar-refractivity contribution in [1.82, 2.24) is 30.4 Å². The number of nitrogens with zero attached hydrogens (tertiary/aromatic N) is 4. The second-order valence-corrected chi connectivity index (χ2v) is 18.5. The number of carbonyl (C=O) groups is 6. The molecule has 6 rings (SSSR count). The van der Waals surface area contributed by atoms with Gasteiger partial charge in [-0.1, -0.05) is 29.8 Å². The van der Waals surface area contributed by atoms with Gasteiger partial charge < -0.3 is 34.9 Å². The van der Waals surface area contributed by atoms with E-state index in [4.69, 9.17) is 21.1 Å². The lowest BCUT2D eigenvalue weighted by atomic mass is 10.0. The molecular weight excluding hydrogens is 827 g/mol. The molecular formula is C42H46ClN8O9P. The minimum atomic E-state index is -2.59. The minimum Gasteiger partial charge on any atom is -0.495 e. The lowest BCUT2D eigenvalue weighted by Crippen LogP contribution is -2.54. The monoisotopic (exact) mass is 872 g/mol. The van der Waals surface area contributed by atoms with Gasteiger partial charge in [-0.25, -0.2) is 4.98 Å². The molecule has 2 aliphatic rings. The van der Waals surface area contributed by atoms with Crippen molar-refractivity contribution in [1.29, 1.82) is 0 Å². The van der Waals surface area contributed by atoms with Gasteiger partial charge in [-0.05, 0) is 87.0 Å². The number of aromatic nitrogens is 2. The zero-order chi connectivity index (χ0) is 44.0. The number of hydrogen-bond acceptors (Lipinski definition) is 13. The fourth-order valence-corrected chi connectivity index (χ4v) is 8.24. The van der Waals surface area contributed by atoms with E-state index in [2.05, 4.69) is 31.2 Å². The number of fused-ring (bicyclic) bond motifs is 1. The molecule has 0 saturated carbocycles. The van der Waals surface area contributed by atoms with Gasteiger partial charge in [-0.15, -0.1) is 0 Å². The average Bonchev–Trinajstić information content (AvgIpc) is 3.48. The van der Waals surface area contributed by atoms with Gasteiger partial charge in [0, 0.05) is 38.3 Å². The molecule has 19 heteroatoms. The van der Waals surface area contributed by atoms with Crippen molar-refractivity contribution in [3.63, 3.8) is 0 Å². The number of hydrogen-bond donors (Lipinski definition) is 4. The Balaban J connectivity index is 0.962. The van der Waals surface area contributed by atoms with E-state index < -0.39 is 49.3 Å². The van der Waals surface area contributed by atoms with E-state index in [0.717, 1.165) is 16.0 Å². The van der Waals surface area contributed by atoms with Crippen LogP contribution in [0.25, 0.3) is 0 Å². The summed E-state index contributed by atoms with van der Waals surface area (Å²) in [5.74, 6) is -2.08. The Bertz CT molecular complexity index is 2460. The third-order valence-electron chi connectivity index (χ3n) is 10.2. The number of rotatable bonds is 17. The first-order valence-electron chi connectivity index (χ1n) is 19.4. The summed E-state index contributed by atoms with van der Waals surface area (Å²) in [5, 5.41) is 12.2. The Morgan fingerprint density at radius 2 is 1.79 bits per heavy atom. The van der Waals surface area contributed by atoms with Gasteiger partial charge in [0.05, 0.1) is 35.8 Å². The minimum absolute atomic E-state index is 0.00868. The number of para-hydroxylation sites is 1. The lowest BCUT2D eigenvalue weighted by Gasteiger charge is -2.27. The molecule has 1 fully saturated rings. The van der Waals surface area contributed by atoms with Crippen molar-refractivity contribution in [3.05, 3.63) is 88.1 Å². The zero-order valence-corrected chi connectivity index (χ0v) is 35.9. The maximum Gasteiger partial charge on any atom is 0.266 e. The van der Waals surface area contributed by atoms with Gasteiger partial charge in [-0.2, -0.15) is 4.98 Å². The number of methoxy groups -OCH3 is 1. The van der Waals surface area contributed by atoms with Crippen LogP contribution in [0, 0.1) is 6.92 Å². The second kappa shape index (κ2) is 18.9. The van der Waals surface area contributed by atoms with Crippen LogP contribution >= 0.6 is 18.7 Å². The van der Waals surface area contributed by atoms with Gasteiger partial charge in [0.1, 0.15) is 29.7 Å². The lowest BCUT2D eigenvalue weighted by molar-refractivity contribution is -0.136. The number of carbonyl (C=O) groups excluding carboxylic acids is 6. The molecule has 3 aromatic carbocycles. The van der Waals surface area contributed by atoms with E-state index in [1.165, 1.54) is 24.4 Å². The number of aryl methyl sites for hydroxylation is 1. The SMILES string of the molecule is COc1cc(CCN(C)C(=O)CCCNC(=O)COc2cccc3c2C(=O)N(C2CCC(=O)NC2=O)C3=O)c(C)cc1Nc1ncc(Cl)c(Nc2ccccc2P(C)(C)=O)n1. The van der Waals surface area contributed by atoms with Crippen LogP contribution in [0.3, 0.4) is 0 Å². The largest absolute Gasteiger partial charge is 0.495 e. The fraction of sp³-hybridized carbons (Fsp3) is 0.333. The highest BCUT2D eigenvalue weighted by molar-refractivity contribution is 7.70. The summed E-state index contributed by atoms with van der Waals surface area (Å²) in [6.07, 6.45) is 2.57. The number of amides is 6. The zero-order valence-electron chi connectivity index (χ0n) is 34.3. The molecule has 1 saturated heterocycles. The molecule has 3 heterocycles. The van der Waals surface area contributed by atoms with E-state index in [9.17, 15) is 33.3 Å². The molecule has 1 unspecified atom stereocenters. The van der Waals surface area contributed by atoms with Crippen molar-refractivity contribution in [3.8, 4) is 11.5 Å². The van der Waals surface area contributed by atoms with Crippen LogP contribution in [0.1, 0.15) is 57.5 Å². The van der Waals surface area contributed by atoms with Crippen LogP contribution in [0.15, 0.2) is 60.8 Å². The Morgan fingerprint density at radius 3 is 2.52 bits per heavy atom. The van der Waals surface area contributed by atoms with Gasteiger partial charge in [-0.3, -0.25) is 39.0 Å². The summed E-state index contributed by atoms with van der Waals surface area (Å²) in [5.41, 5.74) is 3.15. The maximum absolute atomic E-state index is 13.3. The summed E-state index contributed by atoms with van der Waals surface area (Å²) < 4.78 is 24.2. The van der Waals surface area contributed by atoms with E-state index >= 15 is 0 Å². The highest BCUT2D eigenvalue weighted by Gasteiger charge is 2.46. The first kappa shape index (κ1) is 44.2. The molecule has 0 spiro atoms. The van der Waals surface area contributed by atoms with Crippen LogP contribution in [0.4, 0.5) is 23.1 Å². The highest BCUT2D eigenvalue weighted by atomic mass is 35.5. The van der Waals surface area contributed by atoms with Crippen molar-refractivity contribution in [2.24, 2.45) is 0 Å². The molecule has 1 aromatic heterocycles. The molecule has 2 aliphatic heterocycles. The van der Waals surface area contributed by atoms with Crippen molar-refractivity contribution < 1.29 is 42.8 Å². The first-order chi connectivity index (χ1) is 29.0. The molecule has 4 aromatic rings. The van der Waals surface area contributed by atoms with E-state index in [1.807, 2.05) is 43.3 Å². The Morgan fingerprint density at radius 1 is 1.02 bits per heavy atom. The van der Waals surface area contributed by atoms with E-state index in [0.29, 0.717) is 47.6 Å². The predicted octanol–water partition coefficient (Wildman–Crippen LogP) is 4.56. The number of anilines is 4. The quantitative estimate of drug-likeness (QED) is 0.0651. The average molecular weight is 873 g/mol. The number of imide groups is 2. The third kappa shape index (κ3) is 10.4. The summed E-state index contributed by atoms with van der Waals surface area (Å²) in [6, 6.07) is 14.3. The third-order valence-corrected chi connectivity index (χ3v) is 12.0. The Labute approximate surface area is 357 Å². The van der Waals surface area contributed by atoms with Crippen LogP contribution < -0.4 is 36.0 Å². The molecule has 61 heavy (non-hydrogen) atoms. The number of benzene rings is 3. The molecule has 17 nitrogen and oxygen atoms in total. The Kier molecular flexibility index (Phi) is 13.7. The highest BCUT2D eigenvalue weighted by Crippen LogP contribution is 2.39. The number of halogens is 1. The van der Waals surface area contributed by atoms with Crippen LogP contribution in [-0.2, 0) is 30.2 Å². The molecule has 6 amide bonds. The second-order valence-electron chi connectivity index (χ2n) is 14.9. The standard InChI is InChI=1S/C42H46ClN8O9P/c1-24-20-29(47-42-45-22-27(43)38(49-42)46-28-11-6-7-13-33(28)61(4,5)58)32(59-3)21-25(24)17-19-50(2)36(54)14-9-18-44-35(53)23-60-31-12-8-10-26-37(31)41(57)51(40(26)56)30-15-16-34(52)48-39(30)55/h6-8,10-13,20-22,30H,9,14-19,23H2,1-5H3,(H,44,53)(H,48,52,55)(H2,45,46,47,49). The molecule has 0 radical (unpaired) electrons. The maximum atomic E-state index is 13.3. The van der Waals surface area contributed by atoms with Gasteiger partial charge >= 0.3 is 0 Å². The number of ether oxygens (including phenoxy) is 2. The van der Waals surface area contributed by atoms with Gasteiger partial charge in [0.15, 0.2) is 12.4 Å². The summed E-state index contributed by atoms with van der Waals surface area (Å²) >= 11 is 6.44. The summed E-state index contributed by atoms with van der Waals surface area (Å²) in [6.45, 7) is 5.51. The molecule has 320 valence electrons. The smallest absolute Gasteiger partial charge is 0.266 e. The molecule has 0 bridgehead atoms. The molecule has 4 N–H and O–H groups in total. The number of nitrogens with one attached hydrogen (secondary N) is 4. The molecule has 1 atom stereocenters. The normalized spacial score (nSPS) is 14.9. The summed E-state index contributed by atoms with van der Waals surface area (Å²) in [7, 11) is 0.672. The van der Waals surface area contributed by atoms with E-state index in [1.54, 1.807) is 32.4 Å². The summed E-state index contributed by atoms with van der Waals surface area (Å²) in [4.78, 5) is 87.2. The van der Waals surface area contributed by atoms with Crippen LogP contribution in [-0.4, -0.2) is 108 Å². The predicted molar refractivity (Wildman–Crippen MR) is 229 cm³/mol. The fourth-order valence-electron chi connectivity index (χ4n) is 6.95. The van der Waals surface area contributed by atoms with Crippen molar-refractivity contribution in [2.75, 3.05) is 57.8 Å². The van der Waals surface area contributed by atoms with Crippen LogP contribution in [0.5, 0.6) is 11.5 Å². The topological polar surface area (TPSA) is 218 Å². The van der Waals surface area contributed by atoms with E-state index in [-0.39, 0.29) is 59.6 Å². The molecule has 0 aliphatic carbocycles.